The molecule has 2 aromatic carbocycles. The lowest BCUT2D eigenvalue weighted by atomic mass is 10.1. The predicted octanol–water partition coefficient (Wildman–Crippen LogP) is 1.73. The van der Waals surface area contributed by atoms with Crippen LogP contribution in [0.2, 0.25) is 5.02 Å². The molecule has 4 amide bonds. The van der Waals surface area contributed by atoms with E-state index in [4.69, 9.17) is 11.6 Å². The van der Waals surface area contributed by atoms with E-state index in [1.54, 1.807) is 0 Å². The van der Waals surface area contributed by atoms with E-state index < -0.39 is 33.9 Å². The van der Waals surface area contributed by atoms with Crippen LogP contribution in [0.4, 0.5) is 4.79 Å². The van der Waals surface area contributed by atoms with Crippen molar-refractivity contribution in [3.05, 3.63) is 65.2 Å². The van der Waals surface area contributed by atoms with Crippen molar-refractivity contribution in [3.63, 3.8) is 0 Å². The Morgan fingerprint density at radius 1 is 0.971 bits per heavy atom. The molecule has 4 rings (SSSR count). The molecule has 0 bridgehead atoms. The van der Waals surface area contributed by atoms with Gasteiger partial charge in [-0.2, -0.15) is 4.31 Å². The number of amides is 4. The molecule has 9 nitrogen and oxygen atoms in total. The molecule has 180 valence electrons. The number of carbonyl (C=O) groups is 3. The van der Waals surface area contributed by atoms with Crippen molar-refractivity contribution in [3.8, 4) is 0 Å². The minimum absolute atomic E-state index is 0.122. The average molecular weight is 505 g/mol. The Kier molecular flexibility index (Phi) is 7.20. The van der Waals surface area contributed by atoms with Gasteiger partial charge in [0.2, 0.25) is 15.9 Å². The van der Waals surface area contributed by atoms with Gasteiger partial charge in [0.1, 0.15) is 12.6 Å². The van der Waals surface area contributed by atoms with Gasteiger partial charge in [-0.15, -0.1) is 0 Å². The number of imide groups is 1. The molecule has 2 heterocycles. The van der Waals surface area contributed by atoms with Crippen LogP contribution < -0.4 is 5.32 Å². The van der Waals surface area contributed by atoms with Crippen LogP contribution in [0.15, 0.2) is 59.5 Å². The smallest absolute Gasteiger partial charge is 0.325 e. The highest BCUT2D eigenvalue weighted by molar-refractivity contribution is 7.89. The standard InChI is InChI=1S/C23H25ClN4O5S/c24-18-7-9-19(10-8-18)34(32,33)27-14-12-26(13-15-27)21(29)16-28-22(30)20(25-23(28)31)11-6-17-4-2-1-3-5-17/h1-5,7-10,20H,6,11-16H2,(H,25,31)/t20-/m0/s1. The molecule has 2 saturated heterocycles. The zero-order valence-electron chi connectivity index (χ0n) is 18.4. The fourth-order valence-corrected chi connectivity index (χ4v) is 5.59. The molecule has 0 saturated carbocycles. The van der Waals surface area contributed by atoms with Gasteiger partial charge < -0.3 is 10.2 Å². The molecule has 1 N–H and O–H groups in total. The van der Waals surface area contributed by atoms with Gasteiger partial charge in [-0.3, -0.25) is 14.5 Å². The van der Waals surface area contributed by atoms with Gasteiger partial charge in [0.25, 0.3) is 5.91 Å². The van der Waals surface area contributed by atoms with Gasteiger partial charge >= 0.3 is 6.03 Å². The lowest BCUT2D eigenvalue weighted by Gasteiger charge is -2.34. The minimum atomic E-state index is -3.70. The molecular formula is C23H25ClN4O5S. The second kappa shape index (κ2) is 10.1. The SMILES string of the molecule is O=C(CN1C(=O)N[C@@H](CCc2ccccc2)C1=O)N1CCN(S(=O)(=O)c2ccc(Cl)cc2)CC1. The van der Waals surface area contributed by atoms with E-state index in [2.05, 4.69) is 5.32 Å². The predicted molar refractivity (Wildman–Crippen MR) is 126 cm³/mol. The van der Waals surface area contributed by atoms with E-state index in [1.807, 2.05) is 30.3 Å². The lowest BCUT2D eigenvalue weighted by Crippen LogP contribution is -2.53. The van der Waals surface area contributed by atoms with Crippen LogP contribution in [-0.2, 0) is 26.0 Å². The quantitative estimate of drug-likeness (QED) is 0.578. The molecule has 0 aliphatic carbocycles. The number of piperazine rings is 1. The van der Waals surface area contributed by atoms with Gasteiger partial charge in [0, 0.05) is 31.2 Å². The minimum Gasteiger partial charge on any atom is -0.338 e. The Labute approximate surface area is 203 Å². The van der Waals surface area contributed by atoms with Crippen molar-refractivity contribution < 1.29 is 22.8 Å². The third-order valence-corrected chi connectivity index (χ3v) is 8.17. The molecule has 0 spiro atoms. The number of sulfonamides is 1. The largest absolute Gasteiger partial charge is 0.338 e. The topological polar surface area (TPSA) is 107 Å². The first-order chi connectivity index (χ1) is 16.3. The van der Waals surface area contributed by atoms with Gasteiger partial charge in [0.15, 0.2) is 0 Å². The molecule has 34 heavy (non-hydrogen) atoms. The van der Waals surface area contributed by atoms with E-state index in [0.717, 1.165) is 10.5 Å². The zero-order chi connectivity index (χ0) is 24.3. The summed E-state index contributed by atoms with van der Waals surface area (Å²) in [5, 5.41) is 3.09. The molecule has 11 heteroatoms. The van der Waals surface area contributed by atoms with Crippen molar-refractivity contribution in [2.24, 2.45) is 0 Å². The summed E-state index contributed by atoms with van der Waals surface area (Å²) in [6.45, 7) is 0.225. The molecule has 0 aromatic heterocycles. The molecule has 2 aromatic rings. The lowest BCUT2D eigenvalue weighted by molar-refractivity contribution is -0.138. The highest BCUT2D eigenvalue weighted by atomic mass is 35.5. The van der Waals surface area contributed by atoms with E-state index in [-0.39, 0.29) is 37.6 Å². The van der Waals surface area contributed by atoms with Gasteiger partial charge in [-0.05, 0) is 42.7 Å². The van der Waals surface area contributed by atoms with Crippen LogP contribution in [0, 0.1) is 0 Å². The van der Waals surface area contributed by atoms with Gasteiger partial charge in [-0.25, -0.2) is 13.2 Å². The summed E-state index contributed by atoms with van der Waals surface area (Å²) < 4.78 is 26.9. The van der Waals surface area contributed by atoms with Gasteiger partial charge in [-0.1, -0.05) is 41.9 Å². The Bertz CT molecular complexity index is 1170. The monoisotopic (exact) mass is 504 g/mol. The number of halogens is 1. The first kappa shape index (κ1) is 24.2. The van der Waals surface area contributed by atoms with Crippen molar-refractivity contribution in [1.82, 2.24) is 19.4 Å². The number of rotatable bonds is 7. The molecule has 0 unspecified atom stereocenters. The maximum absolute atomic E-state index is 12.8. The fourth-order valence-electron chi connectivity index (χ4n) is 4.05. The third kappa shape index (κ3) is 5.24. The number of nitrogens with zero attached hydrogens (tertiary/aromatic N) is 3. The maximum atomic E-state index is 12.8. The number of aryl methyl sites for hydroxylation is 1. The van der Waals surface area contributed by atoms with Crippen molar-refractivity contribution in [2.45, 2.75) is 23.8 Å². The zero-order valence-corrected chi connectivity index (χ0v) is 20.0. The number of hydrogen-bond acceptors (Lipinski definition) is 5. The van der Waals surface area contributed by atoms with Crippen molar-refractivity contribution >= 4 is 39.5 Å². The first-order valence-electron chi connectivity index (χ1n) is 10.9. The summed E-state index contributed by atoms with van der Waals surface area (Å²) in [4.78, 5) is 40.3. The van der Waals surface area contributed by atoms with Crippen LogP contribution in [0.25, 0.3) is 0 Å². The van der Waals surface area contributed by atoms with E-state index in [1.165, 1.54) is 33.5 Å². The Morgan fingerprint density at radius 3 is 2.26 bits per heavy atom. The van der Waals surface area contributed by atoms with Crippen LogP contribution in [0.1, 0.15) is 12.0 Å². The second-order valence-corrected chi connectivity index (χ2v) is 10.6. The summed E-state index contributed by atoms with van der Waals surface area (Å²) in [7, 11) is -3.70. The van der Waals surface area contributed by atoms with Gasteiger partial charge in [0.05, 0.1) is 4.90 Å². The number of nitrogens with one attached hydrogen (secondary N) is 1. The summed E-state index contributed by atoms with van der Waals surface area (Å²) >= 11 is 5.84. The van der Waals surface area contributed by atoms with Crippen molar-refractivity contribution in [1.29, 1.82) is 0 Å². The molecule has 2 fully saturated rings. The van der Waals surface area contributed by atoms with E-state index in [0.29, 0.717) is 17.9 Å². The van der Waals surface area contributed by atoms with E-state index >= 15 is 0 Å². The maximum Gasteiger partial charge on any atom is 0.325 e. The molecular weight excluding hydrogens is 480 g/mol. The first-order valence-corrected chi connectivity index (χ1v) is 12.8. The summed E-state index contributed by atoms with van der Waals surface area (Å²) in [5.74, 6) is -0.811. The van der Waals surface area contributed by atoms with E-state index in [9.17, 15) is 22.8 Å². The number of benzene rings is 2. The summed E-state index contributed by atoms with van der Waals surface area (Å²) in [6.07, 6.45) is 1.07. The molecule has 2 aliphatic rings. The molecule has 2 aliphatic heterocycles. The third-order valence-electron chi connectivity index (χ3n) is 6.01. The summed E-state index contributed by atoms with van der Waals surface area (Å²) in [6, 6.07) is 14.3. The Balaban J connectivity index is 1.30. The number of hydrogen-bond donors (Lipinski definition) is 1. The van der Waals surface area contributed by atoms with Crippen LogP contribution >= 0.6 is 11.6 Å². The molecule has 0 radical (unpaired) electrons. The second-order valence-electron chi connectivity index (χ2n) is 8.19. The number of urea groups is 1. The number of carbonyl (C=O) groups excluding carboxylic acids is 3. The molecule has 1 atom stereocenters. The highest BCUT2D eigenvalue weighted by Gasteiger charge is 2.40. The Hall–Kier alpha value is -2.95. The normalized spacial score (nSPS) is 19.4. The van der Waals surface area contributed by atoms with Crippen LogP contribution in [0.5, 0.6) is 0 Å². The summed E-state index contributed by atoms with van der Waals surface area (Å²) in [5.41, 5.74) is 1.06. The average Bonchev–Trinajstić information content (AvgIpc) is 3.11. The highest BCUT2D eigenvalue weighted by Crippen LogP contribution is 2.20. The Morgan fingerprint density at radius 2 is 1.62 bits per heavy atom. The van der Waals surface area contributed by atoms with Crippen molar-refractivity contribution in [2.75, 3.05) is 32.7 Å². The fraction of sp³-hybridized carbons (Fsp3) is 0.348. The van der Waals surface area contributed by atoms with Crippen LogP contribution in [0.3, 0.4) is 0 Å². The van der Waals surface area contributed by atoms with Crippen LogP contribution in [-0.4, -0.2) is 79.1 Å².